The van der Waals surface area contributed by atoms with Crippen LogP contribution in [0.3, 0.4) is 0 Å². The summed E-state index contributed by atoms with van der Waals surface area (Å²) in [6.45, 7) is 2.01. The number of aryl methyl sites for hydroxylation is 1. The maximum atomic E-state index is 12.7. The predicted molar refractivity (Wildman–Crippen MR) is 107 cm³/mol. The minimum absolute atomic E-state index is 0.0921. The highest BCUT2D eigenvalue weighted by atomic mass is 32.2. The van der Waals surface area contributed by atoms with E-state index >= 15 is 0 Å². The summed E-state index contributed by atoms with van der Waals surface area (Å²) in [5.41, 5.74) is 4.62. The lowest BCUT2D eigenvalue weighted by atomic mass is 10.1. The van der Waals surface area contributed by atoms with Gasteiger partial charge in [-0.15, -0.1) is 0 Å². The largest absolute Gasteiger partial charge is 0.334 e. The fraction of sp³-hybridized carbons (Fsp3) is 0.0909. The molecule has 1 N–H and O–H groups in total. The Hall–Kier alpha value is -2.85. The summed E-state index contributed by atoms with van der Waals surface area (Å²) in [7, 11) is 0. The minimum atomic E-state index is -0.235. The molecule has 0 bridgehead atoms. The molecule has 4 rings (SSSR count). The molecular weight excluding hydrogens is 340 g/mol. The second-order valence-electron chi connectivity index (χ2n) is 6.17. The van der Waals surface area contributed by atoms with Crippen molar-refractivity contribution in [1.82, 2.24) is 5.32 Å². The summed E-state index contributed by atoms with van der Waals surface area (Å²) >= 11 is 1.62. The van der Waals surface area contributed by atoms with Crippen molar-refractivity contribution in [2.75, 3.05) is 0 Å². The number of amides is 1. The van der Waals surface area contributed by atoms with E-state index in [0.29, 0.717) is 5.56 Å². The van der Waals surface area contributed by atoms with Gasteiger partial charge in [0, 0.05) is 10.5 Å². The van der Waals surface area contributed by atoms with Gasteiger partial charge >= 0.3 is 0 Å². The Morgan fingerprint density at radius 1 is 0.923 bits per heavy atom. The van der Waals surface area contributed by atoms with E-state index in [0.717, 1.165) is 27.4 Å². The molecule has 26 heavy (non-hydrogen) atoms. The van der Waals surface area contributed by atoms with Crippen LogP contribution in [0.5, 0.6) is 0 Å². The van der Waals surface area contributed by atoms with Crippen LogP contribution >= 0.6 is 11.8 Å². The fourth-order valence-corrected chi connectivity index (χ4v) is 3.96. The van der Waals surface area contributed by atoms with Crippen molar-refractivity contribution in [1.29, 1.82) is 0 Å². The molecule has 0 unspecified atom stereocenters. The lowest BCUT2D eigenvalue weighted by Gasteiger charge is -2.25. The fourth-order valence-electron chi connectivity index (χ4n) is 2.85. The first kappa shape index (κ1) is 16.6. The van der Waals surface area contributed by atoms with Gasteiger partial charge in [0.05, 0.1) is 11.4 Å². The Kier molecular flexibility index (Phi) is 4.59. The van der Waals surface area contributed by atoms with Crippen molar-refractivity contribution < 1.29 is 4.79 Å². The van der Waals surface area contributed by atoms with Gasteiger partial charge in [-0.1, -0.05) is 71.9 Å². The van der Waals surface area contributed by atoms with Gasteiger partial charge in [-0.05, 0) is 36.8 Å². The first-order chi connectivity index (χ1) is 12.7. The maximum Gasteiger partial charge on any atom is 0.252 e. The Labute approximate surface area is 157 Å². The van der Waals surface area contributed by atoms with Gasteiger partial charge in [0.15, 0.2) is 0 Å². The molecule has 1 heterocycles. The number of hydrogen-bond donors (Lipinski definition) is 1. The van der Waals surface area contributed by atoms with Gasteiger partial charge in [-0.25, -0.2) is 4.99 Å². The van der Waals surface area contributed by atoms with Gasteiger partial charge in [0.2, 0.25) is 0 Å². The van der Waals surface area contributed by atoms with Crippen LogP contribution in [0.4, 0.5) is 5.69 Å². The van der Waals surface area contributed by atoms with E-state index < -0.39 is 0 Å². The molecule has 3 aromatic carbocycles. The number of thioether (sulfide) groups is 1. The van der Waals surface area contributed by atoms with Crippen molar-refractivity contribution in [2.45, 2.75) is 17.2 Å². The number of carbonyl (C=O) groups excluding carboxylic acids is 1. The lowest BCUT2D eigenvalue weighted by Crippen LogP contribution is -2.39. The summed E-state index contributed by atoms with van der Waals surface area (Å²) in [5.74, 6) is -0.0921. The zero-order chi connectivity index (χ0) is 17.9. The van der Waals surface area contributed by atoms with Crippen LogP contribution in [0.15, 0.2) is 88.8 Å². The number of fused-ring (bicyclic) bond motifs is 1. The van der Waals surface area contributed by atoms with Crippen LogP contribution in [0.1, 0.15) is 21.5 Å². The second kappa shape index (κ2) is 7.18. The molecule has 4 heteroatoms. The van der Waals surface area contributed by atoms with Crippen molar-refractivity contribution >= 4 is 29.1 Å². The number of nitrogens with zero attached hydrogens (tertiary/aromatic N) is 1. The quantitative estimate of drug-likeness (QED) is 0.717. The number of aliphatic imine (C=N–C) groups is 1. The molecule has 0 aliphatic carbocycles. The maximum absolute atomic E-state index is 12.7. The highest BCUT2D eigenvalue weighted by Gasteiger charge is 2.26. The smallest absolute Gasteiger partial charge is 0.252 e. The van der Waals surface area contributed by atoms with Crippen LogP contribution in [0, 0.1) is 6.92 Å². The molecule has 128 valence electrons. The van der Waals surface area contributed by atoms with E-state index in [1.165, 1.54) is 0 Å². The lowest BCUT2D eigenvalue weighted by molar-refractivity contribution is 0.0956. The topological polar surface area (TPSA) is 41.5 Å². The van der Waals surface area contributed by atoms with Crippen LogP contribution in [0.25, 0.3) is 0 Å². The van der Waals surface area contributed by atoms with Crippen LogP contribution in [-0.4, -0.2) is 17.0 Å². The van der Waals surface area contributed by atoms with Crippen molar-refractivity contribution in [3.63, 3.8) is 0 Å². The number of hydrogen-bond acceptors (Lipinski definition) is 3. The second-order valence-corrected chi connectivity index (χ2v) is 7.32. The normalized spacial score (nSPS) is 15.7. The first-order valence-electron chi connectivity index (χ1n) is 8.48. The van der Waals surface area contributed by atoms with Crippen molar-refractivity contribution in [3.05, 3.63) is 95.6 Å². The van der Waals surface area contributed by atoms with Gasteiger partial charge in [0.25, 0.3) is 5.91 Å². The molecule has 3 nitrogen and oxygen atoms in total. The number of nitrogens with one attached hydrogen (secondary N) is 1. The van der Waals surface area contributed by atoms with E-state index in [4.69, 9.17) is 4.99 Å². The van der Waals surface area contributed by atoms with Gasteiger partial charge in [-0.3, -0.25) is 4.79 Å². The van der Waals surface area contributed by atoms with Crippen LogP contribution in [-0.2, 0) is 0 Å². The van der Waals surface area contributed by atoms with Crippen molar-refractivity contribution in [3.8, 4) is 0 Å². The van der Waals surface area contributed by atoms with Gasteiger partial charge < -0.3 is 5.32 Å². The van der Waals surface area contributed by atoms with E-state index in [2.05, 4.69) is 5.32 Å². The highest BCUT2D eigenvalue weighted by molar-refractivity contribution is 8.00. The Morgan fingerprint density at radius 3 is 2.38 bits per heavy atom. The van der Waals surface area contributed by atoms with Gasteiger partial charge in [-0.2, -0.15) is 0 Å². The summed E-state index contributed by atoms with van der Waals surface area (Å²) in [4.78, 5) is 18.6. The molecule has 3 aromatic rings. The highest BCUT2D eigenvalue weighted by Crippen LogP contribution is 2.38. The summed E-state index contributed by atoms with van der Waals surface area (Å²) in [6, 6.07) is 25.6. The zero-order valence-corrected chi connectivity index (χ0v) is 15.2. The van der Waals surface area contributed by atoms with E-state index in [9.17, 15) is 4.79 Å². The molecule has 1 aliphatic rings. The molecule has 0 aromatic heterocycles. The van der Waals surface area contributed by atoms with Crippen molar-refractivity contribution in [2.24, 2.45) is 4.99 Å². The third-order valence-electron chi connectivity index (χ3n) is 4.24. The molecular formula is C22H18N2OS. The third kappa shape index (κ3) is 3.41. The number of benzene rings is 3. The minimum Gasteiger partial charge on any atom is -0.334 e. The van der Waals surface area contributed by atoms with Gasteiger partial charge in [0.1, 0.15) is 5.37 Å². The molecule has 1 aliphatic heterocycles. The summed E-state index contributed by atoms with van der Waals surface area (Å²) < 4.78 is 0. The first-order valence-corrected chi connectivity index (χ1v) is 9.36. The summed E-state index contributed by atoms with van der Waals surface area (Å²) in [6.07, 6.45) is 0. The molecule has 0 spiro atoms. The molecule has 0 radical (unpaired) electrons. The Bertz CT molecular complexity index is 965. The van der Waals surface area contributed by atoms with E-state index in [1.54, 1.807) is 11.8 Å². The van der Waals surface area contributed by atoms with E-state index in [-0.39, 0.29) is 11.3 Å². The third-order valence-corrected chi connectivity index (χ3v) is 5.42. The number of rotatable bonds is 3. The standard InChI is InChI=1S/C22H18N2OS/c1-15-11-13-17(14-12-15)21(25)24-22-20(16-7-3-2-4-8-16)23-18-9-5-6-10-19(18)26-22/h2-14,22H,1H3,(H,24,25)/t22-/m0/s1. The van der Waals surface area contributed by atoms with Crippen LogP contribution < -0.4 is 5.32 Å². The SMILES string of the molecule is Cc1ccc(C(=O)N[C@H]2Sc3ccccc3N=C2c2ccccc2)cc1. The average molecular weight is 358 g/mol. The molecule has 0 saturated carbocycles. The molecule has 1 atom stereocenters. The Morgan fingerprint density at radius 2 is 1.62 bits per heavy atom. The molecule has 0 fully saturated rings. The predicted octanol–water partition coefficient (Wildman–Crippen LogP) is 4.98. The zero-order valence-electron chi connectivity index (χ0n) is 14.3. The molecule has 0 saturated heterocycles. The molecule has 1 amide bonds. The average Bonchev–Trinajstić information content (AvgIpc) is 2.68. The number of para-hydroxylation sites is 1. The summed E-state index contributed by atoms with van der Waals surface area (Å²) in [5, 5.41) is 2.90. The monoisotopic (exact) mass is 358 g/mol. The van der Waals surface area contributed by atoms with Crippen LogP contribution in [0.2, 0.25) is 0 Å². The van der Waals surface area contributed by atoms with E-state index in [1.807, 2.05) is 85.8 Å². The number of carbonyl (C=O) groups is 1. The Balaban J connectivity index is 1.67.